The van der Waals surface area contributed by atoms with Gasteiger partial charge in [0.1, 0.15) is 0 Å². The van der Waals surface area contributed by atoms with Crippen LogP contribution in [-0.4, -0.2) is 16.6 Å². The zero-order chi connectivity index (χ0) is 6.41. The van der Waals surface area contributed by atoms with Crippen LogP contribution in [0.4, 0.5) is 0 Å². The molecular weight excluding hydrogens is 456 g/mol. The maximum atomic E-state index is 3.95. The fourth-order valence-corrected chi connectivity index (χ4v) is 0.845. The molecule has 4 heteroatoms. The van der Waals surface area contributed by atoms with E-state index in [-0.39, 0.29) is 21.1 Å². The smallest absolute Gasteiger partial charge is 0 e. The second-order valence-electron chi connectivity index (χ2n) is 1.17. The number of amidine groups is 1. The van der Waals surface area contributed by atoms with Crippen molar-refractivity contribution in [2.75, 3.05) is 0 Å². The van der Waals surface area contributed by atoms with Crippen molar-refractivity contribution in [1.82, 2.24) is 0 Å². The van der Waals surface area contributed by atoms with Gasteiger partial charge in [-0.1, -0.05) is 0 Å². The van der Waals surface area contributed by atoms with Gasteiger partial charge in [0.15, 0.2) is 0 Å². The van der Waals surface area contributed by atoms with Crippen molar-refractivity contribution in [2.45, 2.75) is 13.8 Å². The normalized spacial score (nSPS) is 11.1. The number of hydrogen-bond donors (Lipinski definition) is 0. The number of aliphatic imine (C=N–C) groups is 2. The van der Waals surface area contributed by atoms with Crippen molar-refractivity contribution in [3.63, 3.8) is 0 Å². The first kappa shape index (κ1) is 12.3. The van der Waals surface area contributed by atoms with Crippen LogP contribution in [0.1, 0.15) is 13.8 Å². The van der Waals surface area contributed by atoms with Gasteiger partial charge in [0.25, 0.3) is 0 Å². The van der Waals surface area contributed by atoms with E-state index in [2.05, 4.69) is 9.98 Å². The summed E-state index contributed by atoms with van der Waals surface area (Å²) >= 11 is 1.35. The molecule has 0 amide bonds. The molecule has 0 saturated carbocycles. The van der Waals surface area contributed by atoms with E-state index < -0.39 is 0 Å². The fourth-order valence-electron chi connectivity index (χ4n) is 0.296. The number of hydrogen-bond acceptors (Lipinski definition) is 1. The first-order chi connectivity index (χ1) is 3.81. The Morgan fingerprint density at radius 2 is 2.11 bits per heavy atom. The zero-order valence-electron chi connectivity index (χ0n) is 5.37. The fraction of sp³-hybridized carbons (Fsp3) is 0.400. The van der Waals surface area contributed by atoms with Crippen molar-refractivity contribution < 1.29 is 40.4 Å². The van der Waals surface area contributed by atoms with Crippen LogP contribution in [0.5, 0.6) is 0 Å². The molecule has 50 valence electrons. The van der Waals surface area contributed by atoms with Crippen LogP contribution < -0.4 is 0 Å². The average molecular weight is 464 g/mol. The summed E-state index contributed by atoms with van der Waals surface area (Å²) in [6, 6.07) is 0. The largest absolute Gasteiger partial charge is 0 e. The standard InChI is InChI=1S/C5H8N2.2W/c1-4-7-5(2)6-3;;/h3-4H,1-2H3;;. The third-order valence-corrected chi connectivity index (χ3v) is 0.934. The van der Waals surface area contributed by atoms with Crippen molar-refractivity contribution in [3.05, 3.63) is 0 Å². The summed E-state index contributed by atoms with van der Waals surface area (Å²) in [6.45, 7) is 3.75. The minimum atomic E-state index is 0. The van der Waals surface area contributed by atoms with Gasteiger partial charge in [0.2, 0.25) is 0 Å². The molecule has 0 aromatic rings. The summed E-state index contributed by atoms with van der Waals surface area (Å²) in [5, 5.41) is 0. The van der Waals surface area contributed by atoms with Crippen molar-refractivity contribution in [2.24, 2.45) is 9.98 Å². The zero-order valence-corrected chi connectivity index (χ0v) is 11.2. The van der Waals surface area contributed by atoms with E-state index >= 15 is 0 Å². The summed E-state index contributed by atoms with van der Waals surface area (Å²) in [4.78, 5) is 7.87. The molecule has 0 heterocycles. The predicted molar refractivity (Wildman–Crippen MR) is 33.3 cm³/mol. The quantitative estimate of drug-likeness (QED) is 0.406. The Bertz CT molecular complexity index is 129. The molecule has 9 heavy (non-hydrogen) atoms. The van der Waals surface area contributed by atoms with E-state index in [1.165, 1.54) is 19.4 Å². The molecule has 0 aliphatic rings. The molecule has 0 N–H and O–H groups in total. The summed E-state index contributed by atoms with van der Waals surface area (Å²) in [5.41, 5.74) is 0. The third-order valence-electron chi connectivity index (χ3n) is 0.555. The average Bonchev–Trinajstić information content (AvgIpc) is 1.68. The Labute approximate surface area is 80.5 Å². The Balaban J connectivity index is 0. The molecule has 0 aromatic heterocycles. The summed E-state index contributed by atoms with van der Waals surface area (Å²) in [6.07, 6.45) is 1.73. The molecule has 0 aromatic carbocycles. The minimum Gasteiger partial charge on any atom is 0 e. The van der Waals surface area contributed by atoms with Crippen molar-refractivity contribution in [1.29, 1.82) is 0 Å². The van der Waals surface area contributed by atoms with Gasteiger partial charge in [-0.25, -0.2) is 0 Å². The van der Waals surface area contributed by atoms with Gasteiger partial charge in [-0.05, 0) is 0 Å². The topological polar surface area (TPSA) is 24.7 Å². The molecule has 0 rings (SSSR count). The van der Waals surface area contributed by atoms with Gasteiger partial charge < -0.3 is 0 Å². The first-order valence-electron chi connectivity index (χ1n) is 2.28. The molecule has 0 radical (unpaired) electrons. The van der Waals surface area contributed by atoms with E-state index in [1.807, 2.05) is 18.4 Å². The first-order valence-corrected chi connectivity index (χ1v) is 3.97. The molecule has 2 nitrogen and oxygen atoms in total. The SMILES string of the molecule is CC=NC(C)=N[CH]=[W].[W]. The molecule has 0 unspecified atom stereocenters. The van der Waals surface area contributed by atoms with Gasteiger partial charge in [-0.2, -0.15) is 0 Å². The Morgan fingerprint density at radius 3 is 2.44 bits per heavy atom. The van der Waals surface area contributed by atoms with Crippen LogP contribution in [0.15, 0.2) is 9.98 Å². The van der Waals surface area contributed by atoms with Crippen LogP contribution in [0, 0.1) is 0 Å². The van der Waals surface area contributed by atoms with Crippen molar-refractivity contribution >= 4 is 16.6 Å². The number of nitrogens with zero attached hydrogens (tertiary/aromatic N) is 2. The molecule has 0 saturated heterocycles. The van der Waals surface area contributed by atoms with Crippen LogP contribution in [0.2, 0.25) is 0 Å². The van der Waals surface area contributed by atoms with E-state index in [0.717, 1.165) is 5.84 Å². The van der Waals surface area contributed by atoms with Gasteiger partial charge in [-0.15, -0.1) is 0 Å². The van der Waals surface area contributed by atoms with E-state index in [0.29, 0.717) is 0 Å². The summed E-state index contributed by atoms with van der Waals surface area (Å²) in [7, 11) is 0. The Morgan fingerprint density at radius 1 is 1.56 bits per heavy atom. The van der Waals surface area contributed by atoms with E-state index in [1.54, 1.807) is 6.21 Å². The van der Waals surface area contributed by atoms with Gasteiger partial charge in [0.05, 0.1) is 0 Å². The Hall–Kier alpha value is 0.587. The Kier molecular flexibility index (Phi) is 11.7. The van der Waals surface area contributed by atoms with Gasteiger partial charge >= 0.3 is 59.8 Å². The van der Waals surface area contributed by atoms with E-state index in [4.69, 9.17) is 0 Å². The summed E-state index contributed by atoms with van der Waals surface area (Å²) in [5.74, 6) is 0.822. The molecule has 0 atom stereocenters. The van der Waals surface area contributed by atoms with Crippen molar-refractivity contribution in [3.8, 4) is 0 Å². The second kappa shape index (κ2) is 8.59. The third kappa shape index (κ3) is 8.59. The maximum Gasteiger partial charge on any atom is 0 e. The van der Waals surface area contributed by atoms with E-state index in [9.17, 15) is 0 Å². The van der Waals surface area contributed by atoms with Gasteiger partial charge in [0, 0.05) is 21.1 Å². The number of rotatable bonds is 1. The molecule has 0 spiro atoms. The van der Waals surface area contributed by atoms with Crippen LogP contribution in [0.3, 0.4) is 0 Å². The second-order valence-corrected chi connectivity index (χ2v) is 1.93. The molecule has 0 bridgehead atoms. The van der Waals surface area contributed by atoms with Crippen LogP contribution >= 0.6 is 0 Å². The van der Waals surface area contributed by atoms with Gasteiger partial charge in [-0.3, -0.25) is 0 Å². The van der Waals surface area contributed by atoms with Crippen LogP contribution in [0.25, 0.3) is 0 Å². The molecule has 0 fully saturated rings. The molecule has 0 aliphatic carbocycles. The van der Waals surface area contributed by atoms with Crippen LogP contribution in [-0.2, 0) is 40.4 Å². The molecule has 0 aliphatic heterocycles. The summed E-state index contributed by atoms with van der Waals surface area (Å²) < 4.78 is 1.81. The predicted octanol–water partition coefficient (Wildman–Crippen LogP) is 0.800. The minimum absolute atomic E-state index is 0. The molecular formula is C5H8N2W2. The monoisotopic (exact) mass is 464 g/mol. The maximum absolute atomic E-state index is 3.95.